The maximum Gasteiger partial charge on any atom is 0.0247 e. The number of hydrogen-bond donors (Lipinski definition) is 1. The Balaban J connectivity index is 1.63. The number of hydrogen-bond acceptors (Lipinski definition) is 2. The van der Waals surface area contributed by atoms with Crippen LogP contribution >= 0.6 is 0 Å². The van der Waals surface area contributed by atoms with Gasteiger partial charge in [-0.05, 0) is 49.4 Å². The van der Waals surface area contributed by atoms with E-state index < -0.39 is 0 Å². The van der Waals surface area contributed by atoms with Gasteiger partial charge in [0.1, 0.15) is 0 Å². The predicted octanol–water partition coefficient (Wildman–Crippen LogP) is 3.52. The summed E-state index contributed by atoms with van der Waals surface area (Å²) in [7, 11) is 0. The fourth-order valence-electron chi connectivity index (χ4n) is 5.12. The van der Waals surface area contributed by atoms with E-state index >= 15 is 0 Å². The number of fused-ring (bicyclic) bond motifs is 2. The van der Waals surface area contributed by atoms with Crippen LogP contribution in [0.4, 0.5) is 0 Å². The smallest absolute Gasteiger partial charge is 0.0247 e. The molecule has 0 amide bonds. The van der Waals surface area contributed by atoms with E-state index in [4.69, 9.17) is 0 Å². The van der Waals surface area contributed by atoms with Crippen molar-refractivity contribution in [2.24, 2.45) is 23.7 Å². The van der Waals surface area contributed by atoms with E-state index in [1.165, 1.54) is 45.3 Å². The van der Waals surface area contributed by atoms with Gasteiger partial charge < -0.3 is 5.32 Å². The Labute approximate surface area is 125 Å². The van der Waals surface area contributed by atoms with Gasteiger partial charge in [0.15, 0.2) is 0 Å². The summed E-state index contributed by atoms with van der Waals surface area (Å²) in [5.74, 6) is 4.03. The first-order valence-corrected chi connectivity index (χ1v) is 9.18. The summed E-state index contributed by atoms with van der Waals surface area (Å²) in [6.07, 6.45) is 8.76. The molecule has 1 N–H and O–H groups in total. The second-order valence-corrected chi connectivity index (χ2v) is 7.86. The van der Waals surface area contributed by atoms with Gasteiger partial charge in [0.05, 0.1) is 0 Å². The van der Waals surface area contributed by atoms with Gasteiger partial charge in [-0.25, -0.2) is 0 Å². The van der Waals surface area contributed by atoms with Gasteiger partial charge in [-0.1, -0.05) is 33.6 Å². The summed E-state index contributed by atoms with van der Waals surface area (Å²) >= 11 is 0. The van der Waals surface area contributed by atoms with Crippen LogP contribution in [0.2, 0.25) is 0 Å². The molecule has 0 spiro atoms. The number of piperazine rings is 1. The summed E-state index contributed by atoms with van der Waals surface area (Å²) in [6.45, 7) is 11.0. The molecule has 0 aromatic carbocycles. The second kappa shape index (κ2) is 6.36. The van der Waals surface area contributed by atoms with Crippen LogP contribution in [0.1, 0.15) is 59.3 Å². The van der Waals surface area contributed by atoms with Crippen LogP contribution in [0.15, 0.2) is 0 Å². The minimum Gasteiger partial charge on any atom is -0.311 e. The fraction of sp³-hybridized carbons (Fsp3) is 1.00. The summed E-state index contributed by atoms with van der Waals surface area (Å²) in [6, 6.07) is 1.51. The van der Waals surface area contributed by atoms with E-state index in [0.717, 1.165) is 35.8 Å². The first-order valence-electron chi connectivity index (χ1n) is 9.18. The molecular weight excluding hydrogens is 244 g/mol. The standard InChI is InChI=1S/C18H34N2/c1-4-13(3)18-10-19-17(5-2)12-20(18)11-16-9-14-6-7-15(16)8-14/h13-19H,4-12H2,1-3H3. The first-order chi connectivity index (χ1) is 9.71. The van der Waals surface area contributed by atoms with Gasteiger partial charge >= 0.3 is 0 Å². The van der Waals surface area contributed by atoms with Gasteiger partial charge in [0.2, 0.25) is 0 Å². The molecule has 116 valence electrons. The molecule has 3 rings (SSSR count). The molecule has 3 aliphatic rings. The van der Waals surface area contributed by atoms with Crippen LogP contribution in [-0.4, -0.2) is 36.6 Å². The zero-order valence-corrected chi connectivity index (χ0v) is 13.8. The lowest BCUT2D eigenvalue weighted by atomic mass is 9.86. The highest BCUT2D eigenvalue weighted by Crippen LogP contribution is 2.48. The molecule has 3 fully saturated rings. The Morgan fingerprint density at radius 3 is 2.65 bits per heavy atom. The number of nitrogens with zero attached hydrogens (tertiary/aromatic N) is 1. The second-order valence-electron chi connectivity index (χ2n) is 7.86. The SMILES string of the molecule is CCC1CN(CC2CC3CCC2C3)C(C(C)CC)CN1. The van der Waals surface area contributed by atoms with Crippen LogP contribution < -0.4 is 5.32 Å². The minimum atomic E-state index is 0.730. The van der Waals surface area contributed by atoms with Crippen molar-refractivity contribution in [3.63, 3.8) is 0 Å². The quantitative estimate of drug-likeness (QED) is 0.828. The van der Waals surface area contributed by atoms with Crippen molar-refractivity contribution in [3.05, 3.63) is 0 Å². The Bertz CT molecular complexity index is 317. The maximum absolute atomic E-state index is 3.78. The summed E-state index contributed by atoms with van der Waals surface area (Å²) in [5, 5.41) is 3.78. The molecule has 2 nitrogen and oxygen atoms in total. The van der Waals surface area contributed by atoms with Crippen molar-refractivity contribution in [3.8, 4) is 0 Å². The molecule has 6 unspecified atom stereocenters. The topological polar surface area (TPSA) is 15.3 Å². The maximum atomic E-state index is 3.78. The Kier molecular flexibility index (Phi) is 4.72. The van der Waals surface area contributed by atoms with Crippen molar-refractivity contribution < 1.29 is 0 Å². The molecule has 0 aromatic heterocycles. The molecule has 0 aromatic rings. The minimum absolute atomic E-state index is 0.730. The Morgan fingerprint density at radius 1 is 1.20 bits per heavy atom. The van der Waals surface area contributed by atoms with Crippen molar-refractivity contribution in [1.29, 1.82) is 0 Å². The molecular formula is C18H34N2. The lowest BCUT2D eigenvalue weighted by Crippen LogP contribution is -2.59. The molecule has 2 heteroatoms. The van der Waals surface area contributed by atoms with E-state index in [1.54, 1.807) is 12.8 Å². The van der Waals surface area contributed by atoms with Crippen molar-refractivity contribution in [2.45, 2.75) is 71.4 Å². The third-order valence-electron chi connectivity index (χ3n) is 6.69. The Morgan fingerprint density at radius 2 is 2.05 bits per heavy atom. The molecule has 1 aliphatic heterocycles. The average Bonchev–Trinajstić information content (AvgIpc) is 3.09. The number of nitrogens with one attached hydrogen (secondary N) is 1. The Hall–Kier alpha value is -0.0800. The van der Waals surface area contributed by atoms with Crippen molar-refractivity contribution in [1.82, 2.24) is 10.2 Å². The molecule has 2 aliphatic carbocycles. The lowest BCUT2D eigenvalue weighted by molar-refractivity contribution is 0.0638. The van der Waals surface area contributed by atoms with Gasteiger partial charge in [-0.15, -0.1) is 0 Å². The number of rotatable bonds is 5. The van der Waals surface area contributed by atoms with Crippen LogP contribution in [0.3, 0.4) is 0 Å². The average molecular weight is 278 g/mol. The molecule has 1 saturated heterocycles. The molecule has 2 saturated carbocycles. The van der Waals surface area contributed by atoms with E-state index in [1.807, 2.05) is 0 Å². The van der Waals surface area contributed by atoms with E-state index in [-0.39, 0.29) is 0 Å². The largest absolute Gasteiger partial charge is 0.311 e. The first kappa shape index (κ1) is 14.8. The molecule has 6 atom stereocenters. The van der Waals surface area contributed by atoms with Crippen LogP contribution in [-0.2, 0) is 0 Å². The van der Waals surface area contributed by atoms with Gasteiger partial charge in [-0.3, -0.25) is 4.90 Å². The van der Waals surface area contributed by atoms with Crippen LogP contribution in [0, 0.1) is 23.7 Å². The zero-order chi connectivity index (χ0) is 14.1. The lowest BCUT2D eigenvalue weighted by Gasteiger charge is -2.45. The molecule has 20 heavy (non-hydrogen) atoms. The highest BCUT2D eigenvalue weighted by atomic mass is 15.2. The fourth-order valence-corrected chi connectivity index (χ4v) is 5.12. The predicted molar refractivity (Wildman–Crippen MR) is 85.8 cm³/mol. The van der Waals surface area contributed by atoms with E-state index in [9.17, 15) is 0 Å². The third-order valence-corrected chi connectivity index (χ3v) is 6.69. The molecule has 1 heterocycles. The summed E-state index contributed by atoms with van der Waals surface area (Å²) < 4.78 is 0. The van der Waals surface area contributed by atoms with E-state index in [0.29, 0.717) is 0 Å². The zero-order valence-electron chi connectivity index (χ0n) is 13.8. The third kappa shape index (κ3) is 2.92. The summed E-state index contributed by atoms with van der Waals surface area (Å²) in [5.41, 5.74) is 0. The van der Waals surface area contributed by atoms with Crippen LogP contribution in [0.5, 0.6) is 0 Å². The molecule has 0 radical (unpaired) electrons. The normalized spacial score (nSPS) is 43.0. The molecule has 2 bridgehead atoms. The van der Waals surface area contributed by atoms with Gasteiger partial charge in [0.25, 0.3) is 0 Å². The highest BCUT2D eigenvalue weighted by molar-refractivity contribution is 4.95. The monoisotopic (exact) mass is 278 g/mol. The highest BCUT2D eigenvalue weighted by Gasteiger charge is 2.41. The summed E-state index contributed by atoms with van der Waals surface area (Å²) in [4.78, 5) is 2.88. The van der Waals surface area contributed by atoms with Crippen molar-refractivity contribution >= 4 is 0 Å². The van der Waals surface area contributed by atoms with Gasteiger partial charge in [-0.2, -0.15) is 0 Å². The van der Waals surface area contributed by atoms with Gasteiger partial charge in [0, 0.05) is 31.7 Å². The van der Waals surface area contributed by atoms with Crippen LogP contribution in [0.25, 0.3) is 0 Å². The van der Waals surface area contributed by atoms with E-state index in [2.05, 4.69) is 31.0 Å². The van der Waals surface area contributed by atoms with Crippen molar-refractivity contribution in [2.75, 3.05) is 19.6 Å².